The molecule has 2 N–H and O–H groups in total. The Bertz CT molecular complexity index is 665. The lowest BCUT2D eigenvalue weighted by molar-refractivity contribution is -0.129. The van der Waals surface area contributed by atoms with Gasteiger partial charge in [-0.2, -0.15) is 0 Å². The SMILES string of the molecule is CCC(CC)c1cc(CNC(=O)C(O)c2cccc(OC)c2)on1. The van der Waals surface area contributed by atoms with Gasteiger partial charge in [-0.3, -0.25) is 4.79 Å². The van der Waals surface area contributed by atoms with E-state index in [0.29, 0.717) is 23.0 Å². The molecule has 1 atom stereocenters. The van der Waals surface area contributed by atoms with Crippen molar-refractivity contribution >= 4 is 5.91 Å². The molecule has 24 heavy (non-hydrogen) atoms. The number of hydrogen-bond acceptors (Lipinski definition) is 5. The highest BCUT2D eigenvalue weighted by molar-refractivity contribution is 5.81. The first-order chi connectivity index (χ1) is 11.6. The smallest absolute Gasteiger partial charge is 0.253 e. The Morgan fingerprint density at radius 1 is 1.33 bits per heavy atom. The molecule has 130 valence electrons. The molecular formula is C18H24N2O4. The summed E-state index contributed by atoms with van der Waals surface area (Å²) in [5.74, 6) is 1.02. The van der Waals surface area contributed by atoms with E-state index in [1.165, 1.54) is 7.11 Å². The summed E-state index contributed by atoms with van der Waals surface area (Å²) >= 11 is 0. The number of aliphatic hydroxyl groups excluding tert-OH is 1. The van der Waals surface area contributed by atoms with Crippen LogP contribution >= 0.6 is 0 Å². The molecule has 0 aliphatic heterocycles. The largest absolute Gasteiger partial charge is 0.497 e. The first kappa shape index (κ1) is 18.0. The summed E-state index contributed by atoms with van der Waals surface area (Å²) < 4.78 is 10.3. The number of hydrogen-bond donors (Lipinski definition) is 2. The van der Waals surface area contributed by atoms with E-state index in [1.807, 2.05) is 6.07 Å². The zero-order valence-electron chi connectivity index (χ0n) is 14.3. The molecule has 2 aromatic rings. The predicted molar refractivity (Wildman–Crippen MR) is 89.6 cm³/mol. The molecule has 0 aliphatic rings. The van der Waals surface area contributed by atoms with Gasteiger partial charge in [-0.05, 0) is 30.5 Å². The topological polar surface area (TPSA) is 84.6 Å². The molecule has 0 fully saturated rings. The van der Waals surface area contributed by atoms with Gasteiger partial charge >= 0.3 is 0 Å². The maximum Gasteiger partial charge on any atom is 0.253 e. The van der Waals surface area contributed by atoms with E-state index in [-0.39, 0.29) is 6.54 Å². The normalized spacial score (nSPS) is 12.2. The van der Waals surface area contributed by atoms with E-state index in [2.05, 4.69) is 24.3 Å². The predicted octanol–water partition coefficient (Wildman–Crippen LogP) is 2.94. The Balaban J connectivity index is 1.95. The molecule has 0 radical (unpaired) electrons. The minimum atomic E-state index is -1.26. The van der Waals surface area contributed by atoms with Crippen molar-refractivity contribution in [3.8, 4) is 5.75 Å². The molecule has 0 saturated carbocycles. The number of ether oxygens (including phenoxy) is 1. The molecule has 1 heterocycles. The molecule has 1 unspecified atom stereocenters. The van der Waals surface area contributed by atoms with Crippen LogP contribution in [0.4, 0.5) is 0 Å². The number of methoxy groups -OCH3 is 1. The molecule has 6 nitrogen and oxygen atoms in total. The summed E-state index contributed by atoms with van der Waals surface area (Å²) in [5, 5.41) is 16.9. The molecule has 1 amide bonds. The van der Waals surface area contributed by atoms with Crippen LogP contribution in [0.15, 0.2) is 34.9 Å². The highest BCUT2D eigenvalue weighted by Crippen LogP contribution is 2.23. The Hall–Kier alpha value is -2.34. The quantitative estimate of drug-likeness (QED) is 0.776. The van der Waals surface area contributed by atoms with Crippen molar-refractivity contribution < 1.29 is 19.2 Å². The summed E-state index contributed by atoms with van der Waals surface area (Å²) in [4.78, 5) is 12.1. The van der Waals surface area contributed by atoms with Crippen LogP contribution in [0.3, 0.4) is 0 Å². The van der Waals surface area contributed by atoms with Crippen LogP contribution in [-0.2, 0) is 11.3 Å². The van der Waals surface area contributed by atoms with E-state index >= 15 is 0 Å². The van der Waals surface area contributed by atoms with Crippen molar-refractivity contribution in [1.82, 2.24) is 10.5 Å². The van der Waals surface area contributed by atoms with Crippen LogP contribution in [0.5, 0.6) is 5.75 Å². The Labute approximate surface area is 141 Å². The Kier molecular flexibility index (Phi) is 6.37. The monoisotopic (exact) mass is 332 g/mol. The van der Waals surface area contributed by atoms with Crippen molar-refractivity contribution in [3.05, 3.63) is 47.3 Å². The van der Waals surface area contributed by atoms with Gasteiger partial charge in [-0.15, -0.1) is 0 Å². The highest BCUT2D eigenvalue weighted by Gasteiger charge is 2.19. The minimum absolute atomic E-state index is 0.188. The summed E-state index contributed by atoms with van der Waals surface area (Å²) in [5.41, 5.74) is 1.37. The second-order valence-electron chi connectivity index (χ2n) is 5.63. The Morgan fingerprint density at radius 2 is 2.08 bits per heavy atom. The van der Waals surface area contributed by atoms with E-state index in [0.717, 1.165) is 18.5 Å². The zero-order valence-corrected chi connectivity index (χ0v) is 14.3. The van der Waals surface area contributed by atoms with Gasteiger partial charge in [-0.25, -0.2) is 0 Å². The summed E-state index contributed by atoms with van der Waals surface area (Å²) in [6.45, 7) is 4.40. The van der Waals surface area contributed by atoms with Gasteiger partial charge in [0.15, 0.2) is 11.9 Å². The fourth-order valence-electron chi connectivity index (χ4n) is 2.55. The van der Waals surface area contributed by atoms with Gasteiger partial charge in [0, 0.05) is 12.0 Å². The number of amides is 1. The van der Waals surface area contributed by atoms with Crippen LogP contribution in [0, 0.1) is 0 Å². The molecule has 1 aromatic heterocycles. The van der Waals surface area contributed by atoms with Crippen LogP contribution in [0.25, 0.3) is 0 Å². The maximum absolute atomic E-state index is 12.1. The number of aliphatic hydroxyl groups is 1. The van der Waals surface area contributed by atoms with E-state index in [9.17, 15) is 9.90 Å². The number of carbonyl (C=O) groups is 1. The molecular weight excluding hydrogens is 308 g/mol. The lowest BCUT2D eigenvalue weighted by atomic mass is 9.99. The van der Waals surface area contributed by atoms with Gasteiger partial charge in [0.05, 0.1) is 19.3 Å². The summed E-state index contributed by atoms with van der Waals surface area (Å²) in [6.07, 6.45) is 0.716. The van der Waals surface area contributed by atoms with Crippen LogP contribution < -0.4 is 10.1 Å². The molecule has 0 aliphatic carbocycles. The number of carbonyl (C=O) groups excluding carboxylic acids is 1. The van der Waals surface area contributed by atoms with Crippen molar-refractivity contribution in [2.24, 2.45) is 0 Å². The third kappa shape index (κ3) is 4.35. The fourth-order valence-corrected chi connectivity index (χ4v) is 2.55. The highest BCUT2D eigenvalue weighted by atomic mass is 16.5. The molecule has 1 aromatic carbocycles. The van der Waals surface area contributed by atoms with Crippen molar-refractivity contribution in [2.75, 3.05) is 7.11 Å². The van der Waals surface area contributed by atoms with Crippen LogP contribution in [0.2, 0.25) is 0 Å². The first-order valence-electron chi connectivity index (χ1n) is 8.14. The van der Waals surface area contributed by atoms with E-state index < -0.39 is 12.0 Å². The second kappa shape index (κ2) is 8.49. The lowest BCUT2D eigenvalue weighted by Crippen LogP contribution is -2.28. The van der Waals surface area contributed by atoms with Crippen molar-refractivity contribution in [1.29, 1.82) is 0 Å². The minimum Gasteiger partial charge on any atom is -0.497 e. The van der Waals surface area contributed by atoms with Gasteiger partial charge in [0.2, 0.25) is 0 Å². The second-order valence-corrected chi connectivity index (χ2v) is 5.63. The molecule has 0 bridgehead atoms. The van der Waals surface area contributed by atoms with Gasteiger partial charge < -0.3 is 19.7 Å². The fraction of sp³-hybridized carbons (Fsp3) is 0.444. The van der Waals surface area contributed by atoms with Gasteiger partial charge in [0.25, 0.3) is 5.91 Å². The average Bonchev–Trinajstić information content (AvgIpc) is 3.09. The third-order valence-electron chi connectivity index (χ3n) is 4.08. The number of benzene rings is 1. The molecule has 0 spiro atoms. The maximum atomic E-state index is 12.1. The molecule has 0 saturated heterocycles. The van der Waals surface area contributed by atoms with E-state index in [4.69, 9.17) is 9.26 Å². The van der Waals surface area contributed by atoms with Crippen LogP contribution in [-0.4, -0.2) is 23.3 Å². The third-order valence-corrected chi connectivity index (χ3v) is 4.08. The number of nitrogens with one attached hydrogen (secondary N) is 1. The van der Waals surface area contributed by atoms with Crippen molar-refractivity contribution in [2.45, 2.75) is 45.3 Å². The van der Waals surface area contributed by atoms with Crippen LogP contribution in [0.1, 0.15) is 55.7 Å². The first-order valence-corrected chi connectivity index (χ1v) is 8.14. The Morgan fingerprint density at radius 3 is 2.75 bits per heavy atom. The van der Waals surface area contributed by atoms with Gasteiger partial charge in [-0.1, -0.05) is 31.1 Å². The zero-order chi connectivity index (χ0) is 17.5. The number of aromatic nitrogens is 1. The van der Waals surface area contributed by atoms with Crippen molar-refractivity contribution in [3.63, 3.8) is 0 Å². The van der Waals surface area contributed by atoms with E-state index in [1.54, 1.807) is 24.3 Å². The standard InChI is InChI=1S/C18H24N2O4/c1-4-12(5-2)16-10-15(24-20-16)11-19-18(22)17(21)13-7-6-8-14(9-13)23-3/h6-10,12,17,21H,4-5,11H2,1-3H3,(H,19,22). The summed E-state index contributed by atoms with van der Waals surface area (Å²) in [6, 6.07) is 8.64. The molecule has 6 heteroatoms. The summed E-state index contributed by atoms with van der Waals surface area (Å²) in [7, 11) is 1.53. The number of rotatable bonds is 8. The number of nitrogens with zero attached hydrogens (tertiary/aromatic N) is 1. The molecule has 2 rings (SSSR count). The van der Waals surface area contributed by atoms with Gasteiger partial charge in [0.1, 0.15) is 5.75 Å². The average molecular weight is 332 g/mol. The lowest BCUT2D eigenvalue weighted by Gasteiger charge is -2.11.